The summed E-state index contributed by atoms with van der Waals surface area (Å²) in [6.07, 6.45) is 0. The second kappa shape index (κ2) is 3.95. The van der Waals surface area contributed by atoms with Crippen molar-refractivity contribution in [2.75, 3.05) is 18.0 Å². The Kier molecular flexibility index (Phi) is 2.70. The summed E-state index contributed by atoms with van der Waals surface area (Å²) in [5, 5.41) is 20.6. The molecule has 2 rings (SSSR count). The van der Waals surface area contributed by atoms with Crippen LogP contribution in [0.2, 0.25) is 0 Å². The number of benzene rings is 1. The van der Waals surface area contributed by atoms with Crippen LogP contribution in [0.1, 0.15) is 17.3 Å². The first-order valence-corrected chi connectivity index (χ1v) is 5.36. The van der Waals surface area contributed by atoms with Crippen LogP contribution in [0.15, 0.2) is 18.2 Å². The van der Waals surface area contributed by atoms with Gasteiger partial charge in [-0.2, -0.15) is 0 Å². The first kappa shape index (κ1) is 12.3. The van der Waals surface area contributed by atoms with E-state index in [2.05, 4.69) is 0 Å². The maximum atomic E-state index is 11.1. The fourth-order valence-corrected chi connectivity index (χ4v) is 2.03. The molecule has 1 aromatic carbocycles. The predicted octanol–water partition coefficient (Wildman–Crippen LogP) is 0.265. The maximum Gasteiger partial charge on any atom is 0.292 e. The molecule has 1 aliphatic rings. The predicted molar refractivity (Wildman–Crippen MR) is 64.5 cm³/mol. The number of nitro benzene ring substituents is 1. The summed E-state index contributed by atoms with van der Waals surface area (Å²) >= 11 is 0. The molecule has 1 aromatic rings. The van der Waals surface area contributed by atoms with Gasteiger partial charge in [0.05, 0.1) is 10.5 Å². The molecule has 0 bridgehead atoms. The largest absolute Gasteiger partial charge is 0.386 e. The molecule has 96 valence electrons. The molecule has 0 unspecified atom stereocenters. The number of hydrogen-bond donors (Lipinski definition) is 2. The fraction of sp³-hybridized carbons (Fsp3) is 0.364. The van der Waals surface area contributed by atoms with Gasteiger partial charge in [-0.15, -0.1) is 0 Å². The summed E-state index contributed by atoms with van der Waals surface area (Å²) in [5.74, 6) is -0.640. The lowest BCUT2D eigenvalue weighted by Gasteiger charge is -2.45. The second-order valence-corrected chi connectivity index (χ2v) is 4.68. The molecule has 1 fully saturated rings. The summed E-state index contributed by atoms with van der Waals surface area (Å²) in [6.45, 7) is 2.22. The number of amides is 1. The topological polar surface area (TPSA) is 110 Å². The molecule has 1 aliphatic heterocycles. The van der Waals surface area contributed by atoms with Gasteiger partial charge in [-0.05, 0) is 19.1 Å². The van der Waals surface area contributed by atoms with Crippen LogP contribution in [0.25, 0.3) is 0 Å². The minimum atomic E-state index is -0.851. The van der Waals surface area contributed by atoms with Crippen LogP contribution >= 0.6 is 0 Å². The Morgan fingerprint density at radius 1 is 1.56 bits per heavy atom. The van der Waals surface area contributed by atoms with E-state index >= 15 is 0 Å². The van der Waals surface area contributed by atoms with Gasteiger partial charge in [0.25, 0.3) is 5.69 Å². The zero-order valence-electron chi connectivity index (χ0n) is 9.79. The Morgan fingerprint density at radius 3 is 2.61 bits per heavy atom. The van der Waals surface area contributed by atoms with Crippen molar-refractivity contribution >= 4 is 17.3 Å². The van der Waals surface area contributed by atoms with E-state index in [4.69, 9.17) is 5.73 Å². The molecule has 7 heteroatoms. The van der Waals surface area contributed by atoms with Gasteiger partial charge in [0.15, 0.2) is 0 Å². The molecule has 0 spiro atoms. The van der Waals surface area contributed by atoms with Crippen molar-refractivity contribution in [1.29, 1.82) is 0 Å². The van der Waals surface area contributed by atoms with Gasteiger partial charge in [0.1, 0.15) is 5.69 Å². The van der Waals surface area contributed by atoms with E-state index < -0.39 is 16.4 Å². The number of nitrogens with zero attached hydrogens (tertiary/aromatic N) is 2. The minimum absolute atomic E-state index is 0.101. The van der Waals surface area contributed by atoms with Crippen molar-refractivity contribution in [3.63, 3.8) is 0 Å². The lowest BCUT2D eigenvalue weighted by atomic mass is 9.95. The molecule has 0 aliphatic carbocycles. The van der Waals surface area contributed by atoms with Gasteiger partial charge < -0.3 is 15.7 Å². The van der Waals surface area contributed by atoms with E-state index in [1.807, 2.05) is 0 Å². The average molecular weight is 251 g/mol. The Balaban J connectivity index is 2.39. The number of rotatable bonds is 3. The Morgan fingerprint density at radius 2 is 2.17 bits per heavy atom. The van der Waals surface area contributed by atoms with E-state index in [9.17, 15) is 20.0 Å². The summed E-state index contributed by atoms with van der Waals surface area (Å²) in [6, 6.07) is 3.96. The van der Waals surface area contributed by atoms with Crippen LogP contribution in [0.5, 0.6) is 0 Å². The fourth-order valence-electron chi connectivity index (χ4n) is 2.03. The molecule has 0 radical (unpaired) electrons. The van der Waals surface area contributed by atoms with E-state index in [0.29, 0.717) is 5.69 Å². The first-order chi connectivity index (χ1) is 8.30. The molecular formula is C11H13N3O4. The van der Waals surface area contributed by atoms with E-state index in [-0.39, 0.29) is 24.3 Å². The molecule has 3 N–H and O–H groups in total. The molecule has 0 atom stereocenters. The highest BCUT2D eigenvalue weighted by molar-refractivity contribution is 5.94. The van der Waals surface area contributed by atoms with Crippen molar-refractivity contribution in [2.24, 2.45) is 5.73 Å². The van der Waals surface area contributed by atoms with Crippen LogP contribution in [-0.2, 0) is 0 Å². The van der Waals surface area contributed by atoms with Gasteiger partial charge in [0, 0.05) is 24.7 Å². The number of primary amides is 1. The monoisotopic (exact) mass is 251 g/mol. The standard InChI is InChI=1S/C11H13N3O4/c1-11(16)5-13(6-11)9-4-7(10(12)15)2-3-8(9)14(17)18/h2-4,16H,5-6H2,1H3,(H2,12,15). The van der Waals surface area contributed by atoms with Crippen molar-refractivity contribution in [2.45, 2.75) is 12.5 Å². The summed E-state index contributed by atoms with van der Waals surface area (Å²) in [4.78, 5) is 23.1. The van der Waals surface area contributed by atoms with Crippen molar-refractivity contribution in [3.8, 4) is 0 Å². The molecule has 0 saturated carbocycles. The van der Waals surface area contributed by atoms with Gasteiger partial charge >= 0.3 is 0 Å². The summed E-state index contributed by atoms with van der Waals surface area (Å²) in [5.41, 5.74) is 4.71. The van der Waals surface area contributed by atoms with Gasteiger partial charge in [-0.25, -0.2) is 0 Å². The third kappa shape index (κ3) is 2.12. The van der Waals surface area contributed by atoms with Gasteiger partial charge in [-0.1, -0.05) is 0 Å². The zero-order valence-corrected chi connectivity index (χ0v) is 9.79. The van der Waals surface area contributed by atoms with Crippen LogP contribution in [0.3, 0.4) is 0 Å². The number of aliphatic hydroxyl groups is 1. The van der Waals surface area contributed by atoms with Crippen LogP contribution < -0.4 is 10.6 Å². The van der Waals surface area contributed by atoms with Gasteiger partial charge in [0.2, 0.25) is 5.91 Å². The lowest BCUT2D eigenvalue weighted by Crippen LogP contribution is -2.60. The highest BCUT2D eigenvalue weighted by Crippen LogP contribution is 2.35. The Labute approximate surface area is 103 Å². The summed E-state index contributed by atoms with van der Waals surface area (Å²) < 4.78 is 0. The number of nitro groups is 1. The highest BCUT2D eigenvalue weighted by Gasteiger charge is 2.39. The highest BCUT2D eigenvalue weighted by atomic mass is 16.6. The normalized spacial score (nSPS) is 17.1. The number of anilines is 1. The molecule has 1 heterocycles. The number of hydrogen-bond acceptors (Lipinski definition) is 5. The van der Waals surface area contributed by atoms with Crippen molar-refractivity contribution in [3.05, 3.63) is 33.9 Å². The average Bonchev–Trinajstić information content (AvgIpc) is 2.24. The quantitative estimate of drug-likeness (QED) is 0.591. The first-order valence-electron chi connectivity index (χ1n) is 5.36. The Hall–Kier alpha value is -2.15. The zero-order chi connectivity index (χ0) is 13.5. The minimum Gasteiger partial charge on any atom is -0.386 e. The third-order valence-electron chi connectivity index (χ3n) is 2.86. The lowest BCUT2D eigenvalue weighted by molar-refractivity contribution is -0.384. The van der Waals surface area contributed by atoms with E-state index in [0.717, 1.165) is 0 Å². The molecular weight excluding hydrogens is 238 g/mol. The smallest absolute Gasteiger partial charge is 0.292 e. The molecule has 7 nitrogen and oxygen atoms in total. The van der Waals surface area contributed by atoms with Crippen LogP contribution in [0, 0.1) is 10.1 Å². The Bertz CT molecular complexity index is 519. The molecule has 1 amide bonds. The second-order valence-electron chi connectivity index (χ2n) is 4.68. The number of carbonyl (C=O) groups excluding carboxylic acids is 1. The maximum absolute atomic E-state index is 11.1. The van der Waals surface area contributed by atoms with E-state index in [1.165, 1.54) is 18.2 Å². The third-order valence-corrected chi connectivity index (χ3v) is 2.86. The summed E-state index contributed by atoms with van der Waals surface area (Å²) in [7, 11) is 0. The van der Waals surface area contributed by atoms with Crippen molar-refractivity contribution in [1.82, 2.24) is 0 Å². The van der Waals surface area contributed by atoms with E-state index in [1.54, 1.807) is 11.8 Å². The number of carbonyl (C=O) groups is 1. The number of nitrogens with two attached hydrogens (primary N) is 1. The molecule has 1 saturated heterocycles. The van der Waals surface area contributed by atoms with Crippen molar-refractivity contribution < 1.29 is 14.8 Å². The molecule has 0 aromatic heterocycles. The SMILES string of the molecule is CC1(O)CN(c2cc(C(N)=O)ccc2[N+](=O)[O-])C1. The number of β-amino-alcohol motifs (C(OH)–C–C–N with tert-alkyl or cyclic N) is 1. The molecule has 18 heavy (non-hydrogen) atoms. The van der Waals surface area contributed by atoms with Gasteiger partial charge in [-0.3, -0.25) is 14.9 Å². The van der Waals surface area contributed by atoms with Crippen LogP contribution in [-0.4, -0.2) is 34.6 Å². The van der Waals surface area contributed by atoms with Crippen LogP contribution in [0.4, 0.5) is 11.4 Å².